The standard InChI is InChI=1S/C19H30N4O2/c1-13(2)22-19(25)21-12-15-4-6-16(7-5-15)18(24)23-9-8-14(3)10-17(23)11-20/h4-7,13-14,17H,8-12,20H2,1-3H3,(H2,21,22,25). The van der Waals surface area contributed by atoms with E-state index in [-0.39, 0.29) is 24.0 Å². The van der Waals surface area contributed by atoms with Crippen LogP contribution in [0.3, 0.4) is 0 Å². The van der Waals surface area contributed by atoms with E-state index < -0.39 is 0 Å². The number of hydrogen-bond acceptors (Lipinski definition) is 3. The first-order chi connectivity index (χ1) is 11.9. The van der Waals surface area contributed by atoms with Crippen LogP contribution in [0, 0.1) is 5.92 Å². The zero-order chi connectivity index (χ0) is 18.4. The molecule has 0 aliphatic carbocycles. The van der Waals surface area contributed by atoms with Crippen molar-refractivity contribution in [2.45, 2.75) is 52.2 Å². The molecule has 1 aromatic rings. The molecule has 138 valence electrons. The van der Waals surface area contributed by atoms with Crippen molar-refractivity contribution in [3.8, 4) is 0 Å². The molecule has 1 aromatic carbocycles. The summed E-state index contributed by atoms with van der Waals surface area (Å²) < 4.78 is 0. The Morgan fingerprint density at radius 1 is 1.28 bits per heavy atom. The molecule has 1 saturated heterocycles. The number of carbonyl (C=O) groups excluding carboxylic acids is 2. The molecule has 1 heterocycles. The molecule has 2 unspecified atom stereocenters. The van der Waals surface area contributed by atoms with Crippen molar-refractivity contribution in [2.24, 2.45) is 11.7 Å². The molecule has 0 spiro atoms. The summed E-state index contributed by atoms with van der Waals surface area (Å²) in [7, 11) is 0. The van der Waals surface area contributed by atoms with Gasteiger partial charge < -0.3 is 21.3 Å². The lowest BCUT2D eigenvalue weighted by Crippen LogP contribution is -2.49. The van der Waals surface area contributed by atoms with E-state index in [1.807, 2.05) is 43.0 Å². The van der Waals surface area contributed by atoms with E-state index in [4.69, 9.17) is 5.73 Å². The molecule has 3 amide bonds. The minimum absolute atomic E-state index is 0.0411. The highest BCUT2D eigenvalue weighted by atomic mass is 16.2. The second-order valence-electron chi connectivity index (χ2n) is 7.20. The number of likely N-dealkylation sites (tertiary alicyclic amines) is 1. The summed E-state index contributed by atoms with van der Waals surface area (Å²) in [5.41, 5.74) is 7.48. The van der Waals surface area contributed by atoms with Crippen molar-refractivity contribution in [1.82, 2.24) is 15.5 Å². The number of amides is 3. The molecule has 0 radical (unpaired) electrons. The maximum Gasteiger partial charge on any atom is 0.315 e. The Kier molecular flexibility index (Phi) is 6.82. The fourth-order valence-electron chi connectivity index (χ4n) is 3.17. The van der Waals surface area contributed by atoms with Crippen LogP contribution in [0.25, 0.3) is 0 Å². The highest BCUT2D eigenvalue weighted by molar-refractivity contribution is 5.94. The number of benzene rings is 1. The van der Waals surface area contributed by atoms with Gasteiger partial charge in [0.05, 0.1) is 0 Å². The maximum absolute atomic E-state index is 12.8. The lowest BCUT2D eigenvalue weighted by molar-refractivity contribution is 0.0573. The van der Waals surface area contributed by atoms with Crippen molar-refractivity contribution in [3.05, 3.63) is 35.4 Å². The van der Waals surface area contributed by atoms with Gasteiger partial charge in [-0.1, -0.05) is 19.1 Å². The summed E-state index contributed by atoms with van der Waals surface area (Å²) in [6, 6.07) is 7.44. The average molecular weight is 346 g/mol. The van der Waals surface area contributed by atoms with Crippen LogP contribution in [0.2, 0.25) is 0 Å². The van der Waals surface area contributed by atoms with Crippen LogP contribution in [0.1, 0.15) is 49.5 Å². The molecule has 0 saturated carbocycles. The van der Waals surface area contributed by atoms with E-state index in [1.54, 1.807) is 0 Å². The van der Waals surface area contributed by atoms with Crippen LogP contribution >= 0.6 is 0 Å². The summed E-state index contributed by atoms with van der Waals surface area (Å²) in [4.78, 5) is 26.3. The van der Waals surface area contributed by atoms with Crippen molar-refractivity contribution >= 4 is 11.9 Å². The molecule has 2 rings (SSSR count). The van der Waals surface area contributed by atoms with Crippen molar-refractivity contribution in [1.29, 1.82) is 0 Å². The van der Waals surface area contributed by atoms with Gasteiger partial charge in [-0.25, -0.2) is 4.79 Å². The predicted octanol–water partition coefficient (Wildman–Crippen LogP) is 2.09. The Morgan fingerprint density at radius 2 is 1.96 bits per heavy atom. The molecular weight excluding hydrogens is 316 g/mol. The van der Waals surface area contributed by atoms with E-state index in [2.05, 4.69) is 17.6 Å². The lowest BCUT2D eigenvalue weighted by Gasteiger charge is -2.38. The number of nitrogens with zero attached hydrogens (tertiary/aromatic N) is 1. The van der Waals surface area contributed by atoms with Gasteiger partial charge in [-0.3, -0.25) is 4.79 Å². The van der Waals surface area contributed by atoms with Crippen LogP contribution in [-0.2, 0) is 6.54 Å². The third kappa shape index (κ3) is 5.46. The lowest BCUT2D eigenvalue weighted by atomic mass is 9.92. The second kappa shape index (κ2) is 8.85. The molecule has 6 nitrogen and oxygen atoms in total. The highest BCUT2D eigenvalue weighted by Gasteiger charge is 2.29. The smallest absolute Gasteiger partial charge is 0.315 e. The van der Waals surface area contributed by atoms with E-state index in [9.17, 15) is 9.59 Å². The Morgan fingerprint density at radius 3 is 2.56 bits per heavy atom. The highest BCUT2D eigenvalue weighted by Crippen LogP contribution is 2.23. The van der Waals surface area contributed by atoms with Gasteiger partial charge in [-0.2, -0.15) is 0 Å². The SMILES string of the molecule is CC1CCN(C(=O)c2ccc(CNC(=O)NC(C)C)cc2)C(CN)C1. The molecular formula is C19H30N4O2. The largest absolute Gasteiger partial charge is 0.336 e. The molecule has 6 heteroatoms. The van der Waals surface area contributed by atoms with E-state index >= 15 is 0 Å². The van der Waals surface area contributed by atoms with Gasteiger partial charge in [0.2, 0.25) is 0 Å². The van der Waals surface area contributed by atoms with E-state index in [0.717, 1.165) is 24.9 Å². The van der Waals surface area contributed by atoms with Crippen LogP contribution in [0.5, 0.6) is 0 Å². The monoisotopic (exact) mass is 346 g/mol. The van der Waals surface area contributed by atoms with Gasteiger partial charge in [0, 0.05) is 37.3 Å². The van der Waals surface area contributed by atoms with Gasteiger partial charge in [-0.05, 0) is 50.3 Å². The van der Waals surface area contributed by atoms with Crippen LogP contribution in [0.4, 0.5) is 4.79 Å². The Bertz CT molecular complexity index is 586. The summed E-state index contributed by atoms with van der Waals surface area (Å²) in [5, 5.41) is 5.58. The van der Waals surface area contributed by atoms with Gasteiger partial charge in [0.15, 0.2) is 0 Å². The van der Waals surface area contributed by atoms with Crippen LogP contribution in [0.15, 0.2) is 24.3 Å². The van der Waals surface area contributed by atoms with Crippen molar-refractivity contribution in [2.75, 3.05) is 13.1 Å². The molecule has 0 bridgehead atoms. The number of piperidine rings is 1. The van der Waals surface area contributed by atoms with Gasteiger partial charge >= 0.3 is 6.03 Å². The Labute approximate surface area is 150 Å². The maximum atomic E-state index is 12.8. The number of urea groups is 1. The Hall–Kier alpha value is -2.08. The number of nitrogens with one attached hydrogen (secondary N) is 2. The zero-order valence-corrected chi connectivity index (χ0v) is 15.4. The van der Waals surface area contributed by atoms with Crippen molar-refractivity contribution in [3.63, 3.8) is 0 Å². The third-order valence-electron chi connectivity index (χ3n) is 4.58. The van der Waals surface area contributed by atoms with Gasteiger partial charge in [0.1, 0.15) is 0 Å². The summed E-state index contributed by atoms with van der Waals surface area (Å²) in [6.45, 7) is 7.73. The number of hydrogen-bond donors (Lipinski definition) is 3. The fourth-order valence-corrected chi connectivity index (χ4v) is 3.17. The molecule has 2 atom stereocenters. The van der Waals surface area contributed by atoms with Gasteiger partial charge in [0.25, 0.3) is 5.91 Å². The second-order valence-corrected chi connectivity index (χ2v) is 7.20. The predicted molar refractivity (Wildman–Crippen MR) is 99.2 cm³/mol. The topological polar surface area (TPSA) is 87.5 Å². The van der Waals surface area contributed by atoms with Gasteiger partial charge in [-0.15, -0.1) is 0 Å². The number of nitrogens with two attached hydrogens (primary N) is 1. The van der Waals surface area contributed by atoms with Crippen LogP contribution in [-0.4, -0.2) is 42.0 Å². The first-order valence-electron chi connectivity index (χ1n) is 9.05. The van der Waals surface area contributed by atoms with Crippen LogP contribution < -0.4 is 16.4 Å². The first kappa shape index (κ1) is 19.2. The molecule has 1 aliphatic heterocycles. The average Bonchev–Trinajstić information content (AvgIpc) is 2.59. The minimum atomic E-state index is -0.191. The normalized spacial score (nSPS) is 20.4. The van der Waals surface area contributed by atoms with E-state index in [1.165, 1.54) is 0 Å². The Balaban J connectivity index is 1.94. The fraction of sp³-hybridized carbons (Fsp3) is 0.579. The third-order valence-corrected chi connectivity index (χ3v) is 4.58. The quantitative estimate of drug-likeness (QED) is 0.763. The summed E-state index contributed by atoms with van der Waals surface area (Å²) in [5.74, 6) is 0.655. The molecule has 0 aromatic heterocycles. The molecule has 1 fully saturated rings. The first-order valence-corrected chi connectivity index (χ1v) is 9.05. The summed E-state index contributed by atoms with van der Waals surface area (Å²) in [6.07, 6.45) is 1.99. The molecule has 25 heavy (non-hydrogen) atoms. The number of carbonyl (C=O) groups is 2. The number of rotatable bonds is 5. The van der Waals surface area contributed by atoms with E-state index in [0.29, 0.717) is 24.6 Å². The molecule has 1 aliphatic rings. The zero-order valence-electron chi connectivity index (χ0n) is 15.4. The molecule has 4 N–H and O–H groups in total. The minimum Gasteiger partial charge on any atom is -0.336 e. The van der Waals surface area contributed by atoms with Crippen molar-refractivity contribution < 1.29 is 9.59 Å². The summed E-state index contributed by atoms with van der Waals surface area (Å²) >= 11 is 0.